The molecule has 1 aliphatic rings. The summed E-state index contributed by atoms with van der Waals surface area (Å²) >= 11 is 0. The topological polar surface area (TPSA) is 94.5 Å². The average molecular weight is 278 g/mol. The molecule has 1 heterocycles. The maximum Gasteiger partial charge on any atom is 0.331 e. The smallest absolute Gasteiger partial charge is 0.331 e. The van der Waals surface area contributed by atoms with Gasteiger partial charge in [0.05, 0.1) is 19.8 Å². The number of aliphatic hydroxyl groups is 2. The van der Waals surface area contributed by atoms with Crippen molar-refractivity contribution in [3.8, 4) is 0 Å². The van der Waals surface area contributed by atoms with Gasteiger partial charge in [-0.15, -0.1) is 0 Å². The van der Waals surface area contributed by atoms with E-state index in [0.29, 0.717) is 0 Å². The Morgan fingerprint density at radius 1 is 1.37 bits per heavy atom. The molecule has 7 heteroatoms. The second-order valence-corrected chi connectivity index (χ2v) is 4.96. The van der Waals surface area contributed by atoms with Crippen molar-refractivity contribution in [1.29, 1.82) is 0 Å². The predicted molar refractivity (Wildman–Crippen MR) is 64.3 cm³/mol. The Morgan fingerprint density at radius 3 is 2.53 bits per heavy atom. The van der Waals surface area contributed by atoms with Gasteiger partial charge in [0.1, 0.15) is 24.9 Å². The molecule has 1 saturated heterocycles. The first-order chi connectivity index (χ1) is 8.76. The van der Waals surface area contributed by atoms with E-state index in [0.717, 1.165) is 0 Å². The molecule has 1 aliphatic heterocycles. The average Bonchev–Trinajstić information content (AvgIpc) is 2.63. The Labute approximate surface area is 112 Å². The van der Waals surface area contributed by atoms with Crippen molar-refractivity contribution in [3.05, 3.63) is 0 Å². The molecule has 0 amide bonds. The number of aliphatic hydroxyl groups excluding tert-OH is 2. The number of esters is 1. The van der Waals surface area contributed by atoms with Crippen LogP contribution >= 0.6 is 0 Å². The summed E-state index contributed by atoms with van der Waals surface area (Å²) in [5.74, 6) is -1.37. The van der Waals surface area contributed by atoms with Crippen LogP contribution in [0.2, 0.25) is 0 Å². The zero-order valence-corrected chi connectivity index (χ0v) is 11.7. The summed E-state index contributed by atoms with van der Waals surface area (Å²) < 4.78 is 20.7. The normalized spacial score (nSPS) is 28.9. The fraction of sp³-hybridized carbons (Fsp3) is 0.917. The van der Waals surface area contributed by atoms with E-state index in [-0.39, 0.29) is 13.2 Å². The van der Waals surface area contributed by atoms with Gasteiger partial charge in [-0.3, -0.25) is 0 Å². The molecule has 0 aromatic heterocycles. The van der Waals surface area contributed by atoms with Gasteiger partial charge in [-0.25, -0.2) is 4.79 Å². The number of hydrogen-bond acceptors (Lipinski definition) is 7. The highest BCUT2D eigenvalue weighted by molar-refractivity contribution is 5.70. The minimum atomic E-state index is -1.09. The van der Waals surface area contributed by atoms with Crippen LogP contribution in [0.4, 0.5) is 0 Å². The third-order valence-electron chi connectivity index (χ3n) is 2.78. The second-order valence-electron chi connectivity index (χ2n) is 4.96. The van der Waals surface area contributed by atoms with Gasteiger partial charge >= 0.3 is 5.97 Å². The van der Waals surface area contributed by atoms with Gasteiger partial charge in [0.2, 0.25) is 0 Å². The minimum absolute atomic E-state index is 0.0625. The van der Waals surface area contributed by atoms with Crippen LogP contribution < -0.4 is 0 Å². The van der Waals surface area contributed by atoms with Crippen LogP contribution in [-0.2, 0) is 23.7 Å². The molecular formula is C12H22O7. The van der Waals surface area contributed by atoms with Gasteiger partial charge in [-0.1, -0.05) is 0 Å². The molecule has 4 atom stereocenters. The van der Waals surface area contributed by atoms with Crippen molar-refractivity contribution in [2.75, 3.05) is 20.3 Å². The first-order valence-corrected chi connectivity index (χ1v) is 6.13. The van der Waals surface area contributed by atoms with E-state index >= 15 is 0 Å². The summed E-state index contributed by atoms with van der Waals surface area (Å²) in [5.41, 5.74) is 0. The summed E-state index contributed by atoms with van der Waals surface area (Å²) in [6.45, 7) is 4.73. The number of ether oxygens (including phenoxy) is 4. The number of carbonyl (C=O) groups is 1. The van der Waals surface area contributed by atoms with Crippen LogP contribution in [0.1, 0.15) is 20.8 Å². The fourth-order valence-corrected chi connectivity index (χ4v) is 1.87. The monoisotopic (exact) mass is 278 g/mol. The Kier molecular flexibility index (Phi) is 5.69. The standard InChI is InChI=1S/C12H22O7/c1-7(13)10(15)11-8(18-12(2,3)19-11)5-17-6-9(14)16-4/h7-8,10-11,13,15H,5-6H2,1-4H3/t7?,8-,10?,11-/m0/s1. The Balaban J connectivity index is 2.55. The van der Waals surface area contributed by atoms with Gasteiger partial charge < -0.3 is 29.2 Å². The molecule has 2 N–H and O–H groups in total. The zero-order valence-electron chi connectivity index (χ0n) is 11.7. The van der Waals surface area contributed by atoms with E-state index in [4.69, 9.17) is 14.2 Å². The molecule has 0 aliphatic carbocycles. The van der Waals surface area contributed by atoms with Crippen LogP contribution in [0.5, 0.6) is 0 Å². The number of methoxy groups -OCH3 is 1. The molecule has 0 bridgehead atoms. The third kappa shape index (κ3) is 4.70. The summed E-state index contributed by atoms with van der Waals surface area (Å²) in [4.78, 5) is 10.9. The van der Waals surface area contributed by atoms with Crippen molar-refractivity contribution in [1.82, 2.24) is 0 Å². The minimum Gasteiger partial charge on any atom is -0.467 e. The zero-order chi connectivity index (χ0) is 14.6. The van der Waals surface area contributed by atoms with Gasteiger partial charge in [-0.05, 0) is 20.8 Å². The van der Waals surface area contributed by atoms with Crippen molar-refractivity contribution < 1.29 is 34.0 Å². The van der Waals surface area contributed by atoms with Crippen molar-refractivity contribution in [2.45, 2.75) is 51.0 Å². The van der Waals surface area contributed by atoms with Crippen molar-refractivity contribution in [3.63, 3.8) is 0 Å². The van der Waals surface area contributed by atoms with E-state index in [1.807, 2.05) is 0 Å². The Morgan fingerprint density at radius 2 is 2.00 bits per heavy atom. The van der Waals surface area contributed by atoms with E-state index in [1.165, 1.54) is 14.0 Å². The lowest BCUT2D eigenvalue weighted by Crippen LogP contribution is -2.43. The van der Waals surface area contributed by atoms with Crippen LogP contribution in [-0.4, -0.2) is 66.7 Å². The Hall–Kier alpha value is -0.730. The number of rotatable bonds is 6. The van der Waals surface area contributed by atoms with Gasteiger partial charge in [0, 0.05) is 0 Å². The highest BCUT2D eigenvalue weighted by Gasteiger charge is 2.46. The number of hydrogen-bond donors (Lipinski definition) is 2. The molecule has 112 valence electrons. The third-order valence-corrected chi connectivity index (χ3v) is 2.78. The lowest BCUT2D eigenvalue weighted by Gasteiger charge is -2.24. The SMILES string of the molecule is COC(=O)COC[C@@H]1OC(C)(C)O[C@@H]1C(O)C(C)O. The van der Waals surface area contributed by atoms with E-state index < -0.39 is 36.2 Å². The van der Waals surface area contributed by atoms with E-state index in [9.17, 15) is 15.0 Å². The molecule has 0 aromatic carbocycles. The highest BCUT2D eigenvalue weighted by Crippen LogP contribution is 2.31. The van der Waals surface area contributed by atoms with Crippen LogP contribution in [0.15, 0.2) is 0 Å². The molecule has 0 spiro atoms. The molecule has 19 heavy (non-hydrogen) atoms. The summed E-state index contributed by atoms with van der Waals surface area (Å²) in [5, 5.41) is 19.3. The van der Waals surface area contributed by atoms with Crippen molar-refractivity contribution >= 4 is 5.97 Å². The maximum absolute atomic E-state index is 10.9. The van der Waals surface area contributed by atoms with E-state index in [1.54, 1.807) is 13.8 Å². The van der Waals surface area contributed by atoms with Crippen LogP contribution in [0, 0.1) is 0 Å². The molecule has 2 unspecified atom stereocenters. The molecule has 0 aromatic rings. The second kappa shape index (κ2) is 6.62. The first-order valence-electron chi connectivity index (χ1n) is 6.13. The summed E-state index contributed by atoms with van der Waals surface area (Å²) in [6.07, 6.45) is -3.32. The maximum atomic E-state index is 10.9. The molecule has 0 saturated carbocycles. The molecule has 7 nitrogen and oxygen atoms in total. The molecular weight excluding hydrogens is 256 g/mol. The number of carbonyl (C=O) groups excluding carboxylic acids is 1. The van der Waals surface area contributed by atoms with Gasteiger partial charge in [-0.2, -0.15) is 0 Å². The fourth-order valence-electron chi connectivity index (χ4n) is 1.87. The van der Waals surface area contributed by atoms with Crippen molar-refractivity contribution in [2.24, 2.45) is 0 Å². The predicted octanol–water partition coefficient (Wildman–Crippen LogP) is -0.562. The lowest BCUT2D eigenvalue weighted by atomic mass is 10.0. The van der Waals surface area contributed by atoms with Crippen LogP contribution in [0.3, 0.4) is 0 Å². The van der Waals surface area contributed by atoms with E-state index in [2.05, 4.69) is 4.74 Å². The Bertz CT molecular complexity index is 302. The summed E-state index contributed by atoms with van der Waals surface area (Å²) in [6, 6.07) is 0. The van der Waals surface area contributed by atoms with Crippen LogP contribution in [0.25, 0.3) is 0 Å². The lowest BCUT2D eigenvalue weighted by molar-refractivity contribution is -0.163. The quantitative estimate of drug-likeness (QED) is 0.629. The molecule has 1 rings (SSSR count). The highest BCUT2D eigenvalue weighted by atomic mass is 16.8. The molecule has 0 radical (unpaired) electrons. The molecule has 1 fully saturated rings. The van der Waals surface area contributed by atoms with Gasteiger partial charge in [0.25, 0.3) is 0 Å². The first kappa shape index (κ1) is 16.3. The largest absolute Gasteiger partial charge is 0.467 e. The van der Waals surface area contributed by atoms with Gasteiger partial charge in [0.15, 0.2) is 5.79 Å². The summed E-state index contributed by atoms with van der Waals surface area (Å²) in [7, 11) is 1.27.